The molecule has 0 atom stereocenters. The molecule has 3 rings (SSSR count). The topological polar surface area (TPSA) is 49.9 Å². The van der Waals surface area contributed by atoms with Crippen molar-refractivity contribution >= 4 is 11.8 Å². The number of aryl methyl sites for hydroxylation is 1. The number of carbonyl (C=O) groups is 2. The first-order valence-electron chi connectivity index (χ1n) is 10.6. The normalized spacial score (nSPS) is 14.8. The van der Waals surface area contributed by atoms with Gasteiger partial charge in [0.25, 0.3) is 0 Å². The van der Waals surface area contributed by atoms with Gasteiger partial charge >= 0.3 is 6.18 Å². The van der Waals surface area contributed by atoms with Gasteiger partial charge in [0.05, 0.1) is 19.1 Å². The van der Waals surface area contributed by atoms with Crippen molar-refractivity contribution in [2.75, 3.05) is 33.3 Å². The molecule has 32 heavy (non-hydrogen) atoms. The molecule has 8 heteroatoms. The number of carbonyl (C=O) groups excluding carboxylic acids is 2. The third kappa shape index (κ3) is 6.48. The van der Waals surface area contributed by atoms with Crippen LogP contribution in [0.25, 0.3) is 0 Å². The Morgan fingerprint density at radius 3 is 2.19 bits per heavy atom. The van der Waals surface area contributed by atoms with Gasteiger partial charge in [0, 0.05) is 32.6 Å². The molecule has 0 radical (unpaired) electrons. The fourth-order valence-electron chi connectivity index (χ4n) is 3.76. The van der Waals surface area contributed by atoms with Crippen LogP contribution in [0.5, 0.6) is 5.75 Å². The van der Waals surface area contributed by atoms with Crippen molar-refractivity contribution in [1.82, 2.24) is 9.80 Å². The van der Waals surface area contributed by atoms with E-state index in [0.29, 0.717) is 51.0 Å². The summed E-state index contributed by atoms with van der Waals surface area (Å²) in [6, 6.07) is 12.4. The number of rotatable bonds is 6. The van der Waals surface area contributed by atoms with E-state index in [9.17, 15) is 22.8 Å². The number of alkyl halides is 3. The minimum atomic E-state index is -4.44. The number of benzene rings is 2. The van der Waals surface area contributed by atoms with Crippen LogP contribution in [0.2, 0.25) is 0 Å². The molecule has 172 valence electrons. The van der Waals surface area contributed by atoms with Crippen LogP contribution in [-0.4, -0.2) is 54.9 Å². The van der Waals surface area contributed by atoms with Crippen LogP contribution < -0.4 is 4.74 Å². The molecule has 0 bridgehead atoms. The third-order valence-corrected chi connectivity index (χ3v) is 5.60. The van der Waals surface area contributed by atoms with Crippen molar-refractivity contribution in [2.24, 2.45) is 0 Å². The number of hydrogen-bond acceptors (Lipinski definition) is 3. The highest BCUT2D eigenvalue weighted by atomic mass is 19.4. The Hall–Kier alpha value is -3.03. The Bertz CT molecular complexity index is 929. The van der Waals surface area contributed by atoms with Crippen molar-refractivity contribution in [3.05, 3.63) is 65.2 Å². The summed E-state index contributed by atoms with van der Waals surface area (Å²) >= 11 is 0. The summed E-state index contributed by atoms with van der Waals surface area (Å²) in [5, 5.41) is 0. The molecule has 1 saturated heterocycles. The molecular weight excluding hydrogens is 421 g/mol. The first-order valence-corrected chi connectivity index (χ1v) is 10.6. The van der Waals surface area contributed by atoms with Crippen LogP contribution in [0.15, 0.2) is 48.5 Å². The average molecular weight is 448 g/mol. The van der Waals surface area contributed by atoms with Crippen molar-refractivity contribution in [2.45, 2.75) is 31.9 Å². The van der Waals surface area contributed by atoms with Gasteiger partial charge < -0.3 is 14.5 Å². The molecule has 1 aliphatic heterocycles. The van der Waals surface area contributed by atoms with E-state index in [1.54, 1.807) is 16.9 Å². The van der Waals surface area contributed by atoms with Crippen molar-refractivity contribution in [3.8, 4) is 5.75 Å². The van der Waals surface area contributed by atoms with Crippen LogP contribution >= 0.6 is 0 Å². The van der Waals surface area contributed by atoms with Gasteiger partial charge in [-0.25, -0.2) is 0 Å². The second-order valence-electron chi connectivity index (χ2n) is 7.84. The van der Waals surface area contributed by atoms with E-state index < -0.39 is 11.7 Å². The van der Waals surface area contributed by atoms with E-state index in [1.165, 1.54) is 12.1 Å². The molecule has 1 heterocycles. The van der Waals surface area contributed by atoms with Crippen LogP contribution in [-0.2, 0) is 28.6 Å². The van der Waals surface area contributed by atoms with Gasteiger partial charge in [-0.2, -0.15) is 13.2 Å². The monoisotopic (exact) mass is 448 g/mol. The molecular formula is C24H27F3N2O3. The van der Waals surface area contributed by atoms with E-state index in [4.69, 9.17) is 4.74 Å². The molecule has 0 unspecified atom stereocenters. The van der Waals surface area contributed by atoms with Gasteiger partial charge in [-0.3, -0.25) is 9.59 Å². The smallest absolute Gasteiger partial charge is 0.416 e. The SMILES string of the molecule is COc1ccc(CCC(=O)N2CCCN(C(=O)Cc3cccc(C(F)(F)F)c3)CC2)cc1. The predicted octanol–water partition coefficient (Wildman–Crippen LogP) is 3.95. The van der Waals surface area contributed by atoms with E-state index in [2.05, 4.69) is 0 Å². The summed E-state index contributed by atoms with van der Waals surface area (Å²) < 4.78 is 43.8. The van der Waals surface area contributed by atoms with Gasteiger partial charge in [0.2, 0.25) is 11.8 Å². The molecule has 1 fully saturated rings. The maximum atomic E-state index is 12.9. The number of nitrogens with zero attached hydrogens (tertiary/aromatic N) is 2. The first kappa shape index (κ1) is 23.6. The van der Waals surface area contributed by atoms with E-state index in [-0.39, 0.29) is 18.2 Å². The fourth-order valence-corrected chi connectivity index (χ4v) is 3.76. The number of methoxy groups -OCH3 is 1. The number of amides is 2. The van der Waals surface area contributed by atoms with Crippen LogP contribution in [0.3, 0.4) is 0 Å². The highest BCUT2D eigenvalue weighted by Crippen LogP contribution is 2.29. The molecule has 1 aliphatic rings. The summed E-state index contributed by atoms with van der Waals surface area (Å²) in [6.07, 6.45) is -2.88. The minimum absolute atomic E-state index is 0.0352. The lowest BCUT2D eigenvalue weighted by atomic mass is 10.1. The largest absolute Gasteiger partial charge is 0.497 e. The Labute approximate surface area is 185 Å². The first-order chi connectivity index (χ1) is 15.3. The summed E-state index contributed by atoms with van der Waals surface area (Å²) in [4.78, 5) is 28.7. The lowest BCUT2D eigenvalue weighted by Crippen LogP contribution is -2.38. The Morgan fingerprint density at radius 1 is 0.906 bits per heavy atom. The Kier molecular flexibility index (Phi) is 7.77. The van der Waals surface area contributed by atoms with Gasteiger partial charge in [0.15, 0.2) is 0 Å². The fraction of sp³-hybridized carbons (Fsp3) is 0.417. The zero-order chi connectivity index (χ0) is 23.1. The Morgan fingerprint density at radius 2 is 1.56 bits per heavy atom. The molecule has 2 amide bonds. The highest BCUT2D eigenvalue weighted by molar-refractivity contribution is 5.79. The zero-order valence-corrected chi connectivity index (χ0v) is 18.0. The second-order valence-corrected chi connectivity index (χ2v) is 7.84. The lowest BCUT2D eigenvalue weighted by molar-refractivity contribution is -0.138. The maximum Gasteiger partial charge on any atom is 0.416 e. The Balaban J connectivity index is 1.50. The lowest BCUT2D eigenvalue weighted by Gasteiger charge is -2.22. The van der Waals surface area contributed by atoms with Crippen LogP contribution in [0.1, 0.15) is 29.5 Å². The molecule has 0 aromatic heterocycles. The molecule has 2 aromatic rings. The third-order valence-electron chi connectivity index (χ3n) is 5.60. The van der Waals surface area contributed by atoms with Gasteiger partial charge in [0.1, 0.15) is 5.75 Å². The van der Waals surface area contributed by atoms with E-state index >= 15 is 0 Å². The maximum absolute atomic E-state index is 12.9. The van der Waals surface area contributed by atoms with Crippen molar-refractivity contribution < 1.29 is 27.5 Å². The second kappa shape index (κ2) is 10.5. The van der Waals surface area contributed by atoms with Gasteiger partial charge in [-0.05, 0) is 42.2 Å². The molecule has 0 aliphatic carbocycles. The summed E-state index contributed by atoms with van der Waals surface area (Å²) in [5.74, 6) is 0.576. The molecule has 0 saturated carbocycles. The number of ether oxygens (including phenoxy) is 1. The van der Waals surface area contributed by atoms with Crippen molar-refractivity contribution in [1.29, 1.82) is 0 Å². The van der Waals surface area contributed by atoms with Crippen LogP contribution in [0.4, 0.5) is 13.2 Å². The summed E-state index contributed by atoms with van der Waals surface area (Å²) in [6.45, 7) is 1.86. The zero-order valence-electron chi connectivity index (χ0n) is 18.0. The number of halogens is 3. The van der Waals surface area contributed by atoms with Gasteiger partial charge in [-0.1, -0.05) is 30.3 Å². The molecule has 0 N–H and O–H groups in total. The van der Waals surface area contributed by atoms with E-state index in [1.807, 2.05) is 24.3 Å². The molecule has 2 aromatic carbocycles. The predicted molar refractivity (Wildman–Crippen MR) is 114 cm³/mol. The van der Waals surface area contributed by atoms with Crippen molar-refractivity contribution in [3.63, 3.8) is 0 Å². The minimum Gasteiger partial charge on any atom is -0.497 e. The van der Waals surface area contributed by atoms with E-state index in [0.717, 1.165) is 23.4 Å². The summed E-state index contributed by atoms with van der Waals surface area (Å²) in [7, 11) is 1.60. The molecule has 5 nitrogen and oxygen atoms in total. The molecule has 0 spiro atoms. The number of hydrogen-bond donors (Lipinski definition) is 0. The standard InChI is InChI=1S/C24H27F3N2O3/c1-32-21-9-6-18(7-10-21)8-11-22(30)28-12-3-13-29(15-14-28)23(31)17-19-4-2-5-20(16-19)24(25,26)27/h2,4-7,9-10,16H,3,8,11-15,17H2,1H3. The highest BCUT2D eigenvalue weighted by Gasteiger charge is 2.30. The van der Waals surface area contributed by atoms with Gasteiger partial charge in [-0.15, -0.1) is 0 Å². The van der Waals surface area contributed by atoms with Crippen LogP contribution in [0, 0.1) is 0 Å². The summed E-state index contributed by atoms with van der Waals surface area (Å²) in [5.41, 5.74) is 0.626. The quantitative estimate of drug-likeness (QED) is 0.673. The average Bonchev–Trinajstić information content (AvgIpc) is 3.04.